The molecule has 6 nitrogen and oxygen atoms in total. The number of nitrogens with one attached hydrogen (secondary N) is 1. The van der Waals surface area contributed by atoms with Crippen molar-refractivity contribution >= 4 is 23.5 Å². The van der Waals surface area contributed by atoms with Gasteiger partial charge in [-0.3, -0.25) is 14.5 Å². The SMILES string of the molecule is COC(=O)CNC(=O)C(C)N1CCOC(c2cccc(Cl)c2)C1. The zero-order valence-corrected chi connectivity index (χ0v) is 14.0. The molecule has 1 amide bonds. The van der Waals surface area contributed by atoms with Crippen molar-refractivity contribution in [2.45, 2.75) is 19.1 Å². The van der Waals surface area contributed by atoms with Crippen molar-refractivity contribution < 1.29 is 19.1 Å². The molecule has 126 valence electrons. The Balaban J connectivity index is 1.94. The maximum atomic E-state index is 12.1. The Morgan fingerprint density at radius 3 is 3.00 bits per heavy atom. The lowest BCUT2D eigenvalue weighted by molar-refractivity contribution is -0.142. The van der Waals surface area contributed by atoms with E-state index in [-0.39, 0.29) is 24.6 Å². The van der Waals surface area contributed by atoms with E-state index in [0.717, 1.165) is 5.56 Å². The molecule has 0 spiro atoms. The normalized spacial score (nSPS) is 19.9. The highest BCUT2D eigenvalue weighted by Crippen LogP contribution is 2.25. The maximum Gasteiger partial charge on any atom is 0.325 e. The van der Waals surface area contributed by atoms with Crippen LogP contribution >= 0.6 is 11.6 Å². The van der Waals surface area contributed by atoms with Crippen molar-refractivity contribution in [3.8, 4) is 0 Å². The third kappa shape index (κ3) is 4.92. The van der Waals surface area contributed by atoms with Crippen LogP contribution in [0.1, 0.15) is 18.6 Å². The van der Waals surface area contributed by atoms with Crippen LogP contribution in [0.2, 0.25) is 5.02 Å². The molecule has 0 aliphatic carbocycles. The predicted molar refractivity (Wildman–Crippen MR) is 86.2 cm³/mol. The predicted octanol–water partition coefficient (Wildman–Crippen LogP) is 1.39. The Bertz CT molecular complexity index is 567. The van der Waals surface area contributed by atoms with Crippen molar-refractivity contribution in [1.82, 2.24) is 10.2 Å². The topological polar surface area (TPSA) is 67.9 Å². The molecule has 1 saturated heterocycles. The van der Waals surface area contributed by atoms with Gasteiger partial charge in [0.05, 0.1) is 25.9 Å². The third-order valence-electron chi connectivity index (χ3n) is 3.88. The average Bonchev–Trinajstić information content (AvgIpc) is 2.58. The molecule has 23 heavy (non-hydrogen) atoms. The van der Waals surface area contributed by atoms with Gasteiger partial charge in [0.1, 0.15) is 6.54 Å². The highest BCUT2D eigenvalue weighted by atomic mass is 35.5. The first-order chi connectivity index (χ1) is 11.0. The molecule has 1 aliphatic heterocycles. The number of ether oxygens (including phenoxy) is 2. The smallest absolute Gasteiger partial charge is 0.325 e. The summed E-state index contributed by atoms with van der Waals surface area (Å²) in [6.45, 7) is 3.47. The molecule has 0 aromatic heterocycles. The summed E-state index contributed by atoms with van der Waals surface area (Å²) in [4.78, 5) is 25.3. The summed E-state index contributed by atoms with van der Waals surface area (Å²) in [7, 11) is 1.29. The van der Waals surface area contributed by atoms with Gasteiger partial charge >= 0.3 is 5.97 Å². The molecule has 0 radical (unpaired) electrons. The summed E-state index contributed by atoms with van der Waals surface area (Å²) < 4.78 is 10.3. The number of methoxy groups -OCH3 is 1. The van der Waals surface area contributed by atoms with Crippen LogP contribution in [0.4, 0.5) is 0 Å². The van der Waals surface area contributed by atoms with Gasteiger partial charge in [-0.2, -0.15) is 0 Å². The molecular formula is C16H21ClN2O4. The van der Waals surface area contributed by atoms with Crippen LogP contribution in [0, 0.1) is 0 Å². The first kappa shape index (κ1) is 17.7. The fraction of sp³-hybridized carbons (Fsp3) is 0.500. The number of hydrogen-bond donors (Lipinski definition) is 1. The number of carbonyl (C=O) groups is 2. The highest BCUT2D eigenvalue weighted by Gasteiger charge is 2.28. The molecule has 2 atom stereocenters. The minimum Gasteiger partial charge on any atom is -0.468 e. The molecule has 1 aliphatic rings. The summed E-state index contributed by atoms with van der Waals surface area (Å²) in [5.41, 5.74) is 0.990. The van der Waals surface area contributed by atoms with Crippen LogP contribution in [0.5, 0.6) is 0 Å². The second kappa shape index (κ2) is 8.29. The Morgan fingerprint density at radius 1 is 1.52 bits per heavy atom. The number of carbonyl (C=O) groups excluding carboxylic acids is 2. The van der Waals surface area contributed by atoms with Gasteiger partial charge in [-0.25, -0.2) is 0 Å². The second-order valence-corrected chi connectivity index (χ2v) is 5.82. The van der Waals surface area contributed by atoms with Crippen LogP contribution in [0.25, 0.3) is 0 Å². The van der Waals surface area contributed by atoms with Gasteiger partial charge in [0.25, 0.3) is 0 Å². The molecular weight excluding hydrogens is 320 g/mol. The van der Waals surface area contributed by atoms with E-state index in [1.54, 1.807) is 0 Å². The minimum atomic E-state index is -0.468. The first-order valence-corrected chi connectivity index (χ1v) is 7.84. The number of rotatable bonds is 5. The summed E-state index contributed by atoms with van der Waals surface area (Å²) in [5, 5.41) is 3.24. The fourth-order valence-electron chi connectivity index (χ4n) is 2.47. The van der Waals surface area contributed by atoms with Crippen LogP contribution < -0.4 is 5.32 Å². The standard InChI is InChI=1S/C16H21ClN2O4/c1-11(16(21)18-9-15(20)22-2)19-6-7-23-14(10-19)12-4-3-5-13(17)8-12/h3-5,8,11,14H,6-7,9-10H2,1-2H3,(H,18,21). The van der Waals surface area contributed by atoms with Gasteiger partial charge < -0.3 is 14.8 Å². The largest absolute Gasteiger partial charge is 0.468 e. The Labute approximate surface area is 140 Å². The molecule has 1 fully saturated rings. The maximum absolute atomic E-state index is 12.1. The van der Waals surface area contributed by atoms with Gasteiger partial charge in [-0.15, -0.1) is 0 Å². The van der Waals surface area contributed by atoms with Crippen molar-refractivity contribution in [3.05, 3.63) is 34.9 Å². The van der Waals surface area contributed by atoms with Crippen molar-refractivity contribution in [3.63, 3.8) is 0 Å². The van der Waals surface area contributed by atoms with E-state index in [4.69, 9.17) is 16.3 Å². The quantitative estimate of drug-likeness (QED) is 0.820. The zero-order chi connectivity index (χ0) is 16.8. The average molecular weight is 341 g/mol. The molecule has 7 heteroatoms. The number of benzene rings is 1. The summed E-state index contributed by atoms with van der Waals surface area (Å²) >= 11 is 6.02. The number of halogens is 1. The monoisotopic (exact) mass is 340 g/mol. The molecule has 0 bridgehead atoms. The van der Waals surface area contributed by atoms with Crippen molar-refractivity contribution in [1.29, 1.82) is 0 Å². The van der Waals surface area contributed by atoms with E-state index in [0.29, 0.717) is 24.7 Å². The lowest BCUT2D eigenvalue weighted by Gasteiger charge is -2.36. The summed E-state index contributed by atoms with van der Waals surface area (Å²) in [6, 6.07) is 7.17. The molecule has 1 N–H and O–H groups in total. The number of morpholine rings is 1. The summed E-state index contributed by atoms with van der Waals surface area (Å²) in [5.74, 6) is -0.675. The fourth-order valence-corrected chi connectivity index (χ4v) is 2.67. The van der Waals surface area contributed by atoms with Gasteiger partial charge in [-0.05, 0) is 24.6 Å². The van der Waals surface area contributed by atoms with Crippen LogP contribution in [0.3, 0.4) is 0 Å². The Kier molecular flexibility index (Phi) is 6.38. The number of nitrogens with zero attached hydrogens (tertiary/aromatic N) is 1. The van der Waals surface area contributed by atoms with Gasteiger partial charge in [0.2, 0.25) is 5.91 Å². The molecule has 1 aromatic carbocycles. The Hall–Kier alpha value is -1.63. The van der Waals surface area contributed by atoms with E-state index in [9.17, 15) is 9.59 Å². The van der Waals surface area contributed by atoms with E-state index < -0.39 is 5.97 Å². The van der Waals surface area contributed by atoms with E-state index in [2.05, 4.69) is 10.1 Å². The molecule has 1 heterocycles. The molecule has 1 aromatic rings. The first-order valence-electron chi connectivity index (χ1n) is 7.47. The molecule has 0 saturated carbocycles. The minimum absolute atomic E-state index is 0.123. The number of hydrogen-bond acceptors (Lipinski definition) is 5. The number of amides is 1. The second-order valence-electron chi connectivity index (χ2n) is 5.38. The van der Waals surface area contributed by atoms with Crippen LogP contribution in [0.15, 0.2) is 24.3 Å². The molecule has 2 unspecified atom stereocenters. The lowest BCUT2D eigenvalue weighted by Crippen LogP contribution is -2.51. The zero-order valence-electron chi connectivity index (χ0n) is 13.3. The molecule has 2 rings (SSSR count). The van der Waals surface area contributed by atoms with E-state index in [1.165, 1.54) is 7.11 Å². The van der Waals surface area contributed by atoms with Gasteiger partial charge in [0, 0.05) is 18.1 Å². The Morgan fingerprint density at radius 2 is 2.30 bits per heavy atom. The van der Waals surface area contributed by atoms with Crippen molar-refractivity contribution in [2.24, 2.45) is 0 Å². The van der Waals surface area contributed by atoms with Gasteiger partial charge in [-0.1, -0.05) is 23.7 Å². The van der Waals surface area contributed by atoms with Crippen LogP contribution in [-0.4, -0.2) is 56.2 Å². The van der Waals surface area contributed by atoms with Crippen molar-refractivity contribution in [2.75, 3.05) is 33.4 Å². The van der Waals surface area contributed by atoms with Gasteiger partial charge in [0.15, 0.2) is 0 Å². The van der Waals surface area contributed by atoms with Crippen LogP contribution in [-0.2, 0) is 19.1 Å². The highest BCUT2D eigenvalue weighted by molar-refractivity contribution is 6.30. The third-order valence-corrected chi connectivity index (χ3v) is 4.12. The number of esters is 1. The van der Waals surface area contributed by atoms with E-state index >= 15 is 0 Å². The summed E-state index contributed by atoms with van der Waals surface area (Å²) in [6.07, 6.45) is -0.127. The lowest BCUT2D eigenvalue weighted by atomic mass is 10.1. The van der Waals surface area contributed by atoms with E-state index in [1.807, 2.05) is 36.1 Å².